The fraction of sp³-hybridized carbons (Fsp3) is 0.222. The Morgan fingerprint density at radius 3 is 1.39 bits per heavy atom. The third-order valence-corrected chi connectivity index (χ3v) is 6.20. The molecule has 0 heterocycles. The summed E-state index contributed by atoms with van der Waals surface area (Å²) in [4.78, 5) is 43.0. The number of ketones is 2. The van der Waals surface area contributed by atoms with E-state index in [4.69, 9.17) is 0 Å². The molecule has 0 bridgehead atoms. The van der Waals surface area contributed by atoms with Gasteiger partial charge in [-0.15, -0.1) is 0 Å². The zero-order chi connectivity index (χ0) is 23.7. The number of Topliss-reactive ketones (excluding diaryl/α,β-unsaturated/α-hetero) is 2. The SMILES string of the molecule is CCC(=O)c1cc(O)c([N+](=O)[O-])cc1S(=O)(=O)c1cc([N+](=O)[O-])c(O)cc1C(=O)CC. The lowest BCUT2D eigenvalue weighted by atomic mass is 10.1. The number of hydrogen-bond acceptors (Lipinski definition) is 10. The summed E-state index contributed by atoms with van der Waals surface area (Å²) in [6.07, 6.45) is -0.452. The molecule has 0 saturated carbocycles. The average Bonchev–Trinajstić information content (AvgIpc) is 2.71. The first kappa shape index (κ1) is 23.4. The van der Waals surface area contributed by atoms with Gasteiger partial charge in [-0.05, 0) is 12.1 Å². The number of nitro benzene ring substituents is 2. The molecule has 2 aromatic carbocycles. The van der Waals surface area contributed by atoms with Crippen molar-refractivity contribution in [1.82, 2.24) is 0 Å². The van der Waals surface area contributed by atoms with E-state index in [1.54, 1.807) is 0 Å². The van der Waals surface area contributed by atoms with Crippen molar-refractivity contribution < 1.29 is 38.1 Å². The number of carbonyl (C=O) groups is 2. The number of phenolic OH excluding ortho intramolecular Hbond substituents is 2. The van der Waals surface area contributed by atoms with E-state index in [2.05, 4.69) is 0 Å². The number of sulfone groups is 1. The van der Waals surface area contributed by atoms with Gasteiger partial charge >= 0.3 is 11.4 Å². The van der Waals surface area contributed by atoms with E-state index in [9.17, 15) is 48.4 Å². The molecule has 0 unspecified atom stereocenters. The molecule has 13 heteroatoms. The van der Waals surface area contributed by atoms with Crippen LogP contribution in [0.5, 0.6) is 11.5 Å². The summed E-state index contributed by atoms with van der Waals surface area (Å²) in [6, 6.07) is 2.14. The van der Waals surface area contributed by atoms with Crippen LogP contribution in [0.2, 0.25) is 0 Å². The maximum atomic E-state index is 13.4. The molecule has 2 N–H and O–H groups in total. The van der Waals surface area contributed by atoms with Crippen molar-refractivity contribution in [3.63, 3.8) is 0 Å². The van der Waals surface area contributed by atoms with E-state index in [1.165, 1.54) is 13.8 Å². The van der Waals surface area contributed by atoms with Crippen LogP contribution in [-0.4, -0.2) is 40.0 Å². The summed E-state index contributed by atoms with van der Waals surface area (Å²) >= 11 is 0. The van der Waals surface area contributed by atoms with Gasteiger partial charge in [-0.2, -0.15) is 0 Å². The van der Waals surface area contributed by atoms with Gasteiger partial charge in [0, 0.05) is 36.1 Å². The average molecular weight is 452 g/mol. The second-order valence-electron chi connectivity index (χ2n) is 6.25. The van der Waals surface area contributed by atoms with Gasteiger partial charge in [0.15, 0.2) is 23.1 Å². The standard InChI is InChI=1S/C18H16N2O10S/c1-3-13(21)9-5-15(23)11(19(25)26)7-17(9)31(29,30)18-8-12(20(27)28)16(24)6-10(18)14(22)4-2/h5-8,23-24H,3-4H2,1-2H3. The predicted molar refractivity (Wildman–Crippen MR) is 104 cm³/mol. The first-order valence-electron chi connectivity index (χ1n) is 8.71. The van der Waals surface area contributed by atoms with Crippen LogP contribution in [0.4, 0.5) is 11.4 Å². The highest BCUT2D eigenvalue weighted by Gasteiger charge is 2.34. The first-order valence-corrected chi connectivity index (χ1v) is 10.2. The van der Waals surface area contributed by atoms with Crippen LogP contribution >= 0.6 is 0 Å². The molecule has 12 nitrogen and oxygen atoms in total. The lowest BCUT2D eigenvalue weighted by Crippen LogP contribution is -2.14. The molecule has 0 amide bonds. The van der Waals surface area contributed by atoms with Crippen molar-refractivity contribution in [2.45, 2.75) is 36.5 Å². The summed E-state index contributed by atoms with van der Waals surface area (Å²) in [5.74, 6) is -3.49. The third kappa shape index (κ3) is 4.21. The second-order valence-corrected chi connectivity index (χ2v) is 8.13. The molecule has 2 rings (SSSR count). The van der Waals surface area contributed by atoms with E-state index in [1.807, 2.05) is 0 Å². The van der Waals surface area contributed by atoms with Gasteiger partial charge in [0.2, 0.25) is 9.84 Å². The second kappa shape index (κ2) is 8.47. The van der Waals surface area contributed by atoms with Crippen molar-refractivity contribution in [3.05, 3.63) is 55.6 Å². The van der Waals surface area contributed by atoms with Crippen molar-refractivity contribution >= 4 is 32.8 Å². The number of aromatic hydroxyl groups is 2. The molecule has 0 spiro atoms. The molecule has 0 aliphatic rings. The summed E-state index contributed by atoms with van der Waals surface area (Å²) < 4.78 is 26.8. The molecule has 164 valence electrons. The molecule has 31 heavy (non-hydrogen) atoms. The zero-order valence-corrected chi connectivity index (χ0v) is 17.0. The number of nitro groups is 2. The van der Waals surface area contributed by atoms with Crippen molar-refractivity contribution in [2.24, 2.45) is 0 Å². The van der Waals surface area contributed by atoms with E-state index >= 15 is 0 Å². The van der Waals surface area contributed by atoms with Gasteiger partial charge in [-0.1, -0.05) is 13.8 Å². The minimum absolute atomic E-state index is 0.226. The normalized spacial score (nSPS) is 11.2. The number of rotatable bonds is 8. The number of hydrogen-bond donors (Lipinski definition) is 2. The maximum Gasteiger partial charge on any atom is 0.312 e. The molecule has 0 aromatic heterocycles. The molecule has 0 fully saturated rings. The topological polar surface area (TPSA) is 195 Å². The van der Waals surface area contributed by atoms with Gasteiger partial charge in [-0.3, -0.25) is 29.8 Å². The predicted octanol–water partition coefficient (Wildman–Crippen LogP) is 2.93. The van der Waals surface area contributed by atoms with Crippen molar-refractivity contribution in [2.75, 3.05) is 0 Å². The lowest BCUT2D eigenvalue weighted by Gasteiger charge is -2.13. The Kier molecular flexibility index (Phi) is 6.40. The van der Waals surface area contributed by atoms with Crippen LogP contribution in [0, 0.1) is 20.2 Å². The molecule has 0 aliphatic carbocycles. The Hall–Kier alpha value is -3.87. The first-order chi connectivity index (χ1) is 14.4. The van der Waals surface area contributed by atoms with E-state index < -0.39 is 75.0 Å². The minimum atomic E-state index is -4.93. The molecular weight excluding hydrogens is 436 g/mol. The highest BCUT2D eigenvalue weighted by molar-refractivity contribution is 7.91. The number of nitrogens with zero attached hydrogens (tertiary/aromatic N) is 2. The smallest absolute Gasteiger partial charge is 0.312 e. The van der Waals surface area contributed by atoms with Gasteiger partial charge in [0.25, 0.3) is 0 Å². The number of phenols is 2. The Labute approximate surface area is 175 Å². The third-order valence-electron chi connectivity index (χ3n) is 4.37. The van der Waals surface area contributed by atoms with Crippen LogP contribution in [0.15, 0.2) is 34.1 Å². The van der Waals surface area contributed by atoms with Crippen molar-refractivity contribution in [3.8, 4) is 11.5 Å². The van der Waals surface area contributed by atoms with Gasteiger partial charge < -0.3 is 10.2 Å². The Balaban J connectivity index is 3.01. The Morgan fingerprint density at radius 2 is 1.13 bits per heavy atom. The van der Waals surface area contributed by atoms with E-state index in [0.717, 1.165) is 0 Å². The number of benzene rings is 2. The van der Waals surface area contributed by atoms with Crippen LogP contribution in [0.25, 0.3) is 0 Å². The molecule has 0 aliphatic heterocycles. The van der Waals surface area contributed by atoms with Crippen LogP contribution in [0.3, 0.4) is 0 Å². The highest BCUT2D eigenvalue weighted by atomic mass is 32.2. The summed E-state index contributed by atoms with van der Waals surface area (Å²) in [5, 5.41) is 42.0. The fourth-order valence-corrected chi connectivity index (χ4v) is 4.48. The van der Waals surface area contributed by atoms with Gasteiger partial charge in [0.05, 0.1) is 19.6 Å². The van der Waals surface area contributed by atoms with Crippen LogP contribution < -0.4 is 0 Å². The fourth-order valence-electron chi connectivity index (χ4n) is 2.79. The summed E-state index contributed by atoms with van der Waals surface area (Å²) in [5.41, 5.74) is -3.22. The monoisotopic (exact) mass is 452 g/mol. The van der Waals surface area contributed by atoms with Crippen LogP contribution in [-0.2, 0) is 9.84 Å². The van der Waals surface area contributed by atoms with Crippen LogP contribution in [0.1, 0.15) is 47.4 Å². The van der Waals surface area contributed by atoms with E-state index in [-0.39, 0.29) is 12.8 Å². The lowest BCUT2D eigenvalue weighted by molar-refractivity contribution is -0.386. The molecule has 0 radical (unpaired) electrons. The molecule has 2 aromatic rings. The quantitative estimate of drug-likeness (QED) is 0.341. The summed E-state index contributed by atoms with van der Waals surface area (Å²) in [7, 11) is -4.93. The van der Waals surface area contributed by atoms with Gasteiger partial charge in [-0.25, -0.2) is 8.42 Å². The number of carbonyl (C=O) groups excluding carboxylic acids is 2. The summed E-state index contributed by atoms with van der Waals surface area (Å²) in [6.45, 7) is 2.77. The Morgan fingerprint density at radius 1 is 0.806 bits per heavy atom. The largest absolute Gasteiger partial charge is 0.502 e. The maximum absolute atomic E-state index is 13.4. The molecular formula is C18H16N2O10S. The molecule has 0 saturated heterocycles. The highest BCUT2D eigenvalue weighted by Crippen LogP contribution is 2.39. The van der Waals surface area contributed by atoms with E-state index in [0.29, 0.717) is 24.3 Å². The minimum Gasteiger partial charge on any atom is -0.502 e. The zero-order valence-electron chi connectivity index (χ0n) is 16.2. The van der Waals surface area contributed by atoms with Gasteiger partial charge in [0.1, 0.15) is 0 Å². The van der Waals surface area contributed by atoms with Crippen molar-refractivity contribution in [1.29, 1.82) is 0 Å². The molecule has 0 atom stereocenters. The Bertz CT molecular complexity index is 1140.